The van der Waals surface area contributed by atoms with Gasteiger partial charge in [-0.2, -0.15) is 5.26 Å². The van der Waals surface area contributed by atoms with Gasteiger partial charge in [-0.25, -0.2) is 17.5 Å². The minimum atomic E-state index is -3.97. The van der Waals surface area contributed by atoms with Gasteiger partial charge in [0.25, 0.3) is 0 Å². The van der Waals surface area contributed by atoms with Gasteiger partial charge in [0.15, 0.2) is 0 Å². The lowest BCUT2D eigenvalue weighted by atomic mass is 10.1. The molecular weight excluding hydrogens is 335 g/mol. The lowest BCUT2D eigenvalue weighted by molar-refractivity contribution is -0.136. The molecule has 0 spiro atoms. The molecule has 0 saturated heterocycles. The molecule has 2 N–H and O–H groups in total. The third-order valence-corrected chi connectivity index (χ3v) is 4.68. The number of carboxylic acid groups (broad SMARTS) is 1. The highest BCUT2D eigenvalue weighted by Gasteiger charge is 2.17. The van der Waals surface area contributed by atoms with Gasteiger partial charge in [0.1, 0.15) is 11.9 Å². The van der Waals surface area contributed by atoms with Crippen molar-refractivity contribution < 1.29 is 22.7 Å². The van der Waals surface area contributed by atoms with Crippen LogP contribution >= 0.6 is 0 Å². The first-order valence-corrected chi connectivity index (χ1v) is 8.29. The van der Waals surface area contributed by atoms with Crippen LogP contribution in [0.3, 0.4) is 0 Å². The van der Waals surface area contributed by atoms with E-state index in [0.29, 0.717) is 11.1 Å². The first-order chi connectivity index (χ1) is 11.3. The van der Waals surface area contributed by atoms with Gasteiger partial charge in [0.05, 0.1) is 16.9 Å². The van der Waals surface area contributed by atoms with E-state index in [9.17, 15) is 17.6 Å². The molecular formula is C16H13FN2O4S. The second-order valence-corrected chi connectivity index (χ2v) is 6.68. The van der Waals surface area contributed by atoms with Crippen LogP contribution in [0.2, 0.25) is 0 Å². The summed E-state index contributed by atoms with van der Waals surface area (Å²) in [7, 11) is -3.97. The number of aliphatic carboxylic acids is 1. The van der Waals surface area contributed by atoms with Gasteiger partial charge >= 0.3 is 5.97 Å². The first kappa shape index (κ1) is 17.6. The molecule has 0 atom stereocenters. The predicted octanol–water partition coefficient (Wildman–Crippen LogP) is 1.80. The van der Waals surface area contributed by atoms with Crippen molar-refractivity contribution in [2.75, 3.05) is 0 Å². The number of carboxylic acids is 1. The summed E-state index contributed by atoms with van der Waals surface area (Å²) in [5.74, 6) is -1.83. The molecule has 2 rings (SSSR count). The van der Waals surface area contributed by atoms with Crippen LogP contribution in [-0.4, -0.2) is 19.5 Å². The van der Waals surface area contributed by atoms with Crippen LogP contribution in [-0.2, 0) is 27.8 Å². The molecule has 0 aliphatic carbocycles. The van der Waals surface area contributed by atoms with Crippen molar-refractivity contribution in [1.29, 1.82) is 5.26 Å². The Kier molecular flexibility index (Phi) is 5.28. The number of nitriles is 1. The fourth-order valence-corrected chi connectivity index (χ4v) is 3.11. The molecule has 0 fully saturated rings. The summed E-state index contributed by atoms with van der Waals surface area (Å²) in [4.78, 5) is 10.6. The first-order valence-electron chi connectivity index (χ1n) is 6.81. The molecule has 2 aromatic rings. The second-order valence-electron chi connectivity index (χ2n) is 4.92. The van der Waals surface area contributed by atoms with E-state index in [4.69, 9.17) is 10.4 Å². The maximum Gasteiger partial charge on any atom is 0.307 e. The quantitative estimate of drug-likeness (QED) is 0.828. The number of rotatable bonds is 6. The van der Waals surface area contributed by atoms with Crippen molar-refractivity contribution in [3.8, 4) is 6.07 Å². The molecule has 8 heteroatoms. The Balaban J connectivity index is 2.23. The summed E-state index contributed by atoms with van der Waals surface area (Å²) in [6, 6.07) is 11.0. The van der Waals surface area contributed by atoms with Crippen LogP contribution < -0.4 is 4.72 Å². The van der Waals surface area contributed by atoms with Crippen molar-refractivity contribution in [3.05, 3.63) is 65.0 Å². The standard InChI is InChI=1S/C16H13FN2O4S/c17-15-6-5-14(7-13(15)9-18)24(22,23)19-10-12-4-2-1-3-11(12)8-16(20)21/h1-7,19H,8,10H2,(H,20,21). The largest absolute Gasteiger partial charge is 0.481 e. The zero-order valence-corrected chi connectivity index (χ0v) is 13.2. The fraction of sp³-hybridized carbons (Fsp3) is 0.125. The molecule has 124 valence electrons. The van der Waals surface area contributed by atoms with Gasteiger partial charge in [-0.05, 0) is 29.3 Å². The Labute approximate surface area is 138 Å². The lowest BCUT2D eigenvalue weighted by Crippen LogP contribution is -2.24. The van der Waals surface area contributed by atoms with Crippen molar-refractivity contribution in [2.45, 2.75) is 17.9 Å². The SMILES string of the molecule is N#Cc1cc(S(=O)(=O)NCc2ccccc2CC(=O)O)ccc1F. The average molecular weight is 348 g/mol. The highest BCUT2D eigenvalue weighted by molar-refractivity contribution is 7.89. The van der Waals surface area contributed by atoms with E-state index >= 15 is 0 Å². The Morgan fingerprint density at radius 1 is 1.21 bits per heavy atom. The van der Waals surface area contributed by atoms with E-state index in [1.54, 1.807) is 30.3 Å². The molecule has 0 amide bonds. The number of sulfonamides is 1. The summed E-state index contributed by atoms with van der Waals surface area (Å²) in [6.45, 7) is -0.120. The summed E-state index contributed by atoms with van der Waals surface area (Å²) >= 11 is 0. The molecule has 0 unspecified atom stereocenters. The third kappa shape index (κ3) is 4.16. The minimum absolute atomic E-state index is 0.120. The zero-order chi connectivity index (χ0) is 17.7. The number of benzene rings is 2. The predicted molar refractivity (Wildman–Crippen MR) is 82.9 cm³/mol. The van der Waals surface area contributed by atoms with Gasteiger partial charge in [-0.3, -0.25) is 4.79 Å². The van der Waals surface area contributed by atoms with Gasteiger partial charge < -0.3 is 5.11 Å². The summed E-state index contributed by atoms with van der Waals surface area (Å²) in [6.07, 6.45) is -0.229. The maximum atomic E-state index is 13.3. The van der Waals surface area contributed by atoms with Crippen molar-refractivity contribution >= 4 is 16.0 Å². The minimum Gasteiger partial charge on any atom is -0.481 e. The summed E-state index contributed by atoms with van der Waals surface area (Å²) < 4.78 is 40.1. The van der Waals surface area contributed by atoms with Crippen LogP contribution in [0.15, 0.2) is 47.4 Å². The summed E-state index contributed by atoms with van der Waals surface area (Å²) in [5, 5.41) is 17.7. The van der Waals surface area contributed by atoms with Crippen LogP contribution in [0.1, 0.15) is 16.7 Å². The topological polar surface area (TPSA) is 107 Å². The van der Waals surface area contributed by atoms with Crippen molar-refractivity contribution in [1.82, 2.24) is 4.72 Å². The smallest absolute Gasteiger partial charge is 0.307 e. The van der Waals surface area contributed by atoms with Gasteiger partial charge in [-0.1, -0.05) is 24.3 Å². The Hall–Kier alpha value is -2.76. The van der Waals surface area contributed by atoms with Crippen LogP contribution in [0.4, 0.5) is 4.39 Å². The number of hydrogen-bond acceptors (Lipinski definition) is 4. The molecule has 24 heavy (non-hydrogen) atoms. The molecule has 0 radical (unpaired) electrons. The van der Waals surface area contributed by atoms with Gasteiger partial charge in [0.2, 0.25) is 10.0 Å². The monoisotopic (exact) mass is 348 g/mol. The van der Waals surface area contributed by atoms with Crippen LogP contribution in [0, 0.1) is 17.1 Å². The molecule has 0 saturated carbocycles. The van der Waals surface area contributed by atoms with E-state index < -0.39 is 21.8 Å². The molecule has 0 heterocycles. The van der Waals surface area contributed by atoms with E-state index in [1.807, 2.05) is 0 Å². The second kappa shape index (κ2) is 7.21. The molecule has 2 aromatic carbocycles. The normalized spacial score (nSPS) is 11.0. The molecule has 0 bridgehead atoms. The van der Waals surface area contributed by atoms with Crippen LogP contribution in [0.5, 0.6) is 0 Å². The van der Waals surface area contributed by atoms with E-state index in [1.165, 1.54) is 0 Å². The van der Waals surface area contributed by atoms with Gasteiger partial charge in [-0.15, -0.1) is 0 Å². The fourth-order valence-electron chi connectivity index (χ4n) is 2.08. The zero-order valence-electron chi connectivity index (χ0n) is 12.4. The Bertz CT molecular complexity index is 920. The highest BCUT2D eigenvalue weighted by atomic mass is 32.2. The van der Waals surface area contributed by atoms with Crippen molar-refractivity contribution in [2.24, 2.45) is 0 Å². The molecule has 0 aliphatic heterocycles. The van der Waals surface area contributed by atoms with Crippen molar-refractivity contribution in [3.63, 3.8) is 0 Å². The average Bonchev–Trinajstić information content (AvgIpc) is 2.54. The molecule has 0 aliphatic rings. The Morgan fingerprint density at radius 2 is 1.88 bits per heavy atom. The third-order valence-electron chi connectivity index (χ3n) is 3.28. The maximum absolute atomic E-state index is 13.3. The highest BCUT2D eigenvalue weighted by Crippen LogP contribution is 2.16. The molecule has 0 aromatic heterocycles. The van der Waals surface area contributed by atoms with E-state index in [-0.39, 0.29) is 23.4 Å². The number of hydrogen-bond donors (Lipinski definition) is 2. The number of carbonyl (C=O) groups is 1. The lowest BCUT2D eigenvalue weighted by Gasteiger charge is -2.10. The molecule has 6 nitrogen and oxygen atoms in total. The number of nitrogens with one attached hydrogen (secondary N) is 1. The number of halogens is 1. The number of nitrogens with zero attached hydrogens (tertiary/aromatic N) is 1. The summed E-state index contributed by atoms with van der Waals surface area (Å²) in [5.41, 5.74) is 0.639. The van der Waals surface area contributed by atoms with E-state index in [2.05, 4.69) is 4.72 Å². The Morgan fingerprint density at radius 3 is 2.50 bits per heavy atom. The van der Waals surface area contributed by atoms with Crippen LogP contribution in [0.25, 0.3) is 0 Å². The van der Waals surface area contributed by atoms with E-state index in [0.717, 1.165) is 18.2 Å². The van der Waals surface area contributed by atoms with Gasteiger partial charge in [0, 0.05) is 6.54 Å².